The molecule has 5 rings (SSSR count). The summed E-state index contributed by atoms with van der Waals surface area (Å²) in [5.41, 5.74) is 4.31. The third-order valence-electron chi connectivity index (χ3n) is 8.02. The first kappa shape index (κ1) is 30.6. The monoisotopic (exact) mass is 585 g/mol. The summed E-state index contributed by atoms with van der Waals surface area (Å²) >= 11 is 0. The van der Waals surface area contributed by atoms with E-state index >= 15 is 0 Å². The molecule has 2 heterocycles. The van der Waals surface area contributed by atoms with Gasteiger partial charge in [-0.2, -0.15) is 0 Å². The third kappa shape index (κ3) is 8.14. The van der Waals surface area contributed by atoms with Crippen LogP contribution in [0.3, 0.4) is 0 Å². The molecule has 3 aromatic carbocycles. The van der Waals surface area contributed by atoms with Crippen molar-refractivity contribution < 1.29 is 19.4 Å². The van der Waals surface area contributed by atoms with Crippen LogP contribution in [0, 0.1) is 0 Å². The number of rotatable bonds is 14. The molecule has 0 spiro atoms. The molecule has 3 N–H and O–H groups in total. The van der Waals surface area contributed by atoms with Crippen LogP contribution in [0.5, 0.6) is 5.75 Å². The second-order valence-electron chi connectivity index (χ2n) is 10.9. The largest absolute Gasteiger partial charge is 0.496 e. The molecule has 228 valence electrons. The summed E-state index contributed by atoms with van der Waals surface area (Å²) in [5, 5.41) is 15.5. The predicted octanol–water partition coefficient (Wildman–Crippen LogP) is 3.84. The molecular formula is C34H43N5O4. The molecule has 4 aromatic rings. The number of anilines is 1. The Bertz CT molecular complexity index is 1440. The van der Waals surface area contributed by atoms with Crippen LogP contribution in [0.2, 0.25) is 0 Å². The lowest BCUT2D eigenvalue weighted by molar-refractivity contribution is -0.196. The lowest BCUT2D eigenvalue weighted by Gasteiger charge is -2.36. The molecular weight excluding hydrogens is 542 g/mol. The van der Waals surface area contributed by atoms with E-state index in [9.17, 15) is 9.90 Å². The van der Waals surface area contributed by atoms with Gasteiger partial charge in [-0.25, -0.2) is 4.90 Å². The van der Waals surface area contributed by atoms with Crippen LogP contribution < -0.4 is 15.0 Å². The normalized spacial score (nSPS) is 15.5. The number of fused-ring (bicyclic) bond motifs is 1. The van der Waals surface area contributed by atoms with E-state index < -0.39 is 6.41 Å². The Kier molecular flexibility index (Phi) is 10.7. The molecule has 9 heteroatoms. The fraction of sp³-hybridized carbons (Fsp3) is 0.382. The van der Waals surface area contributed by atoms with Crippen molar-refractivity contribution >= 4 is 22.5 Å². The number of para-hydroxylation sites is 3. The summed E-state index contributed by atoms with van der Waals surface area (Å²) in [6.45, 7) is 6.71. The number of aromatic nitrogens is 1. The van der Waals surface area contributed by atoms with E-state index in [1.54, 1.807) is 7.11 Å². The molecule has 1 saturated heterocycles. The number of benzene rings is 3. The van der Waals surface area contributed by atoms with Crippen LogP contribution in [0.1, 0.15) is 18.1 Å². The Labute approximate surface area is 254 Å². The zero-order valence-electron chi connectivity index (χ0n) is 25.1. The van der Waals surface area contributed by atoms with Crippen molar-refractivity contribution in [3.05, 3.63) is 96.2 Å². The van der Waals surface area contributed by atoms with Gasteiger partial charge in [-0.15, -0.1) is 0 Å². The topological polar surface area (TPSA) is 93.3 Å². The van der Waals surface area contributed by atoms with E-state index in [1.165, 1.54) is 5.69 Å². The summed E-state index contributed by atoms with van der Waals surface area (Å²) in [6, 6.07) is 26.1. The van der Waals surface area contributed by atoms with E-state index in [1.807, 2.05) is 66.6 Å². The molecule has 0 radical (unpaired) electrons. The molecule has 2 unspecified atom stereocenters. The van der Waals surface area contributed by atoms with Crippen LogP contribution in [0.25, 0.3) is 10.9 Å². The second kappa shape index (κ2) is 15.0. The Balaban J connectivity index is 1.30. The van der Waals surface area contributed by atoms with Gasteiger partial charge in [0.25, 0.3) is 0 Å². The molecule has 0 saturated carbocycles. The molecule has 1 aliphatic rings. The Morgan fingerprint density at radius 1 is 0.977 bits per heavy atom. The third-order valence-corrected chi connectivity index (χ3v) is 8.02. The Hall–Kier alpha value is -3.89. The smallest absolute Gasteiger partial charge is 0.234 e. The number of H-pyrrole nitrogens is 1. The fourth-order valence-corrected chi connectivity index (χ4v) is 5.83. The van der Waals surface area contributed by atoms with E-state index in [-0.39, 0.29) is 11.9 Å². The van der Waals surface area contributed by atoms with Crippen LogP contribution in [0.4, 0.5) is 5.69 Å². The minimum Gasteiger partial charge on any atom is -0.496 e. The average Bonchev–Trinajstić information content (AvgIpc) is 3.44. The molecule has 43 heavy (non-hydrogen) atoms. The molecule has 0 bridgehead atoms. The summed E-state index contributed by atoms with van der Waals surface area (Å²) < 4.78 is 11.2. The Morgan fingerprint density at radius 3 is 2.47 bits per heavy atom. The van der Waals surface area contributed by atoms with Crippen LogP contribution in [0.15, 0.2) is 85.1 Å². The summed E-state index contributed by atoms with van der Waals surface area (Å²) in [5.74, 6) is 0.712. The summed E-state index contributed by atoms with van der Waals surface area (Å²) in [6.07, 6.45) is 1.47. The van der Waals surface area contributed by atoms with Crippen LogP contribution in [-0.2, 0) is 22.5 Å². The number of hydrogen-bond donors (Lipinski definition) is 3. The van der Waals surface area contributed by atoms with Gasteiger partial charge in [-0.05, 0) is 43.2 Å². The number of aliphatic hydroxyl groups excluding tert-OH is 1. The number of ether oxygens (including phenoxy) is 2. The molecule has 1 fully saturated rings. The quantitative estimate of drug-likeness (QED) is 0.194. The average molecular weight is 586 g/mol. The summed E-state index contributed by atoms with van der Waals surface area (Å²) in [7, 11) is 1.64. The van der Waals surface area contributed by atoms with Crippen LogP contribution in [-0.4, -0.2) is 91.2 Å². The maximum absolute atomic E-state index is 13.5. The number of nitrogens with one attached hydrogen (secondary N) is 2. The highest BCUT2D eigenvalue weighted by molar-refractivity contribution is 5.83. The number of nitrogens with zero attached hydrogens (tertiary/aromatic N) is 3. The highest BCUT2D eigenvalue weighted by Gasteiger charge is 2.26. The van der Waals surface area contributed by atoms with Crippen molar-refractivity contribution in [2.75, 3.05) is 57.9 Å². The van der Waals surface area contributed by atoms with E-state index in [0.29, 0.717) is 32.7 Å². The maximum Gasteiger partial charge on any atom is 0.234 e. The van der Waals surface area contributed by atoms with Gasteiger partial charge in [0.05, 0.1) is 13.7 Å². The highest BCUT2D eigenvalue weighted by atomic mass is 16.6. The first-order valence-electron chi connectivity index (χ1n) is 15.1. The second-order valence-corrected chi connectivity index (χ2v) is 10.9. The zero-order chi connectivity index (χ0) is 30.0. The Morgan fingerprint density at radius 2 is 1.70 bits per heavy atom. The predicted molar refractivity (Wildman–Crippen MR) is 170 cm³/mol. The van der Waals surface area contributed by atoms with Gasteiger partial charge in [0, 0.05) is 80.3 Å². The van der Waals surface area contributed by atoms with Gasteiger partial charge in [0.1, 0.15) is 5.75 Å². The van der Waals surface area contributed by atoms with Crippen LogP contribution >= 0.6 is 0 Å². The van der Waals surface area contributed by atoms with Gasteiger partial charge in [-0.3, -0.25) is 9.69 Å². The van der Waals surface area contributed by atoms with E-state index in [4.69, 9.17) is 9.47 Å². The van der Waals surface area contributed by atoms with E-state index in [2.05, 4.69) is 50.4 Å². The van der Waals surface area contributed by atoms with Gasteiger partial charge >= 0.3 is 0 Å². The van der Waals surface area contributed by atoms with Crippen molar-refractivity contribution in [3.63, 3.8) is 0 Å². The van der Waals surface area contributed by atoms with Crippen molar-refractivity contribution in [1.29, 1.82) is 0 Å². The number of carbonyl (C=O) groups is 1. The maximum atomic E-state index is 13.5. The van der Waals surface area contributed by atoms with E-state index in [0.717, 1.165) is 54.0 Å². The first-order chi connectivity index (χ1) is 21.0. The number of methoxy groups -OCH3 is 1. The standard InChI is InChI=1S/C34H43N5O4/c1-3-43-34(41)39(23-26-11-7-10-16-32(26)42-2)24-28(21-27-22-35-31-15-9-8-14-30(27)31)36-33(40)25-37-17-19-38(20-18-37)29-12-5-4-6-13-29/h4-16,22,28,34-35,41H,3,17-21,23-25H2,1-2H3,(H,36,40). The number of piperazine rings is 1. The first-order valence-corrected chi connectivity index (χ1v) is 15.1. The van der Waals surface area contributed by atoms with Gasteiger partial charge < -0.3 is 29.8 Å². The molecule has 9 nitrogen and oxygen atoms in total. The SMILES string of the molecule is CCOC(O)N(Cc1ccccc1OC)CC(Cc1c[nH]c2ccccc12)NC(=O)CN1CCN(c2ccccc2)CC1. The van der Waals surface area contributed by atoms with Gasteiger partial charge in [-0.1, -0.05) is 54.6 Å². The van der Waals surface area contributed by atoms with Gasteiger partial charge in [0.15, 0.2) is 0 Å². The molecule has 1 aliphatic heterocycles. The molecule has 2 atom stereocenters. The highest BCUT2D eigenvalue weighted by Crippen LogP contribution is 2.23. The van der Waals surface area contributed by atoms with Crippen molar-refractivity contribution in [2.24, 2.45) is 0 Å². The minimum atomic E-state index is -1.14. The lowest BCUT2D eigenvalue weighted by atomic mass is 10.0. The zero-order valence-corrected chi connectivity index (χ0v) is 25.1. The summed E-state index contributed by atoms with van der Waals surface area (Å²) in [4.78, 5) is 23.3. The molecule has 1 aromatic heterocycles. The van der Waals surface area contributed by atoms with Crippen molar-refractivity contribution in [2.45, 2.75) is 32.3 Å². The van der Waals surface area contributed by atoms with Crippen molar-refractivity contribution in [3.8, 4) is 5.75 Å². The lowest BCUT2D eigenvalue weighted by Crippen LogP contribution is -2.53. The number of hydrogen-bond acceptors (Lipinski definition) is 7. The number of carbonyl (C=O) groups excluding carboxylic acids is 1. The molecule has 0 aliphatic carbocycles. The minimum absolute atomic E-state index is 0.0267. The number of aromatic amines is 1. The molecule has 1 amide bonds. The fourth-order valence-electron chi connectivity index (χ4n) is 5.83. The van der Waals surface area contributed by atoms with Gasteiger partial charge in [0.2, 0.25) is 12.3 Å². The van der Waals surface area contributed by atoms with Crippen molar-refractivity contribution in [1.82, 2.24) is 20.1 Å². The number of aliphatic hydroxyl groups is 1. The number of amides is 1.